The minimum atomic E-state index is -0.173. The Kier molecular flexibility index (Phi) is 5.25. The molecule has 3 aromatic heterocycles. The number of nitrogens with one attached hydrogen (secondary N) is 3. The number of nitrogens with zero attached hydrogens (tertiary/aromatic N) is 2. The second kappa shape index (κ2) is 8.10. The number of carbonyl (C=O) groups excluding carboxylic acids is 1. The van der Waals surface area contributed by atoms with Crippen molar-refractivity contribution in [2.24, 2.45) is 0 Å². The number of imidazole rings is 1. The Balaban J connectivity index is 1.65. The fraction of sp³-hybridized carbons (Fsp3) is 0.385. The number of piperidine rings is 1. The summed E-state index contributed by atoms with van der Waals surface area (Å²) in [5.74, 6) is 0.836. The zero-order valence-electron chi connectivity index (χ0n) is 19.2. The molecule has 1 fully saturated rings. The number of aryl methyl sites for hydroxylation is 1. The lowest BCUT2D eigenvalue weighted by molar-refractivity contribution is 0.0959. The van der Waals surface area contributed by atoms with Crippen LogP contribution in [0.15, 0.2) is 36.7 Å². The quantitative estimate of drug-likeness (QED) is 0.439. The van der Waals surface area contributed by atoms with E-state index in [4.69, 9.17) is 0 Å². The molecule has 32 heavy (non-hydrogen) atoms. The summed E-state index contributed by atoms with van der Waals surface area (Å²) in [6, 6.07) is 9.12. The van der Waals surface area contributed by atoms with E-state index in [0.29, 0.717) is 17.5 Å². The van der Waals surface area contributed by atoms with Crippen molar-refractivity contribution in [2.75, 3.05) is 20.1 Å². The molecule has 6 nitrogen and oxygen atoms in total. The van der Waals surface area contributed by atoms with Crippen LogP contribution in [0.4, 0.5) is 0 Å². The summed E-state index contributed by atoms with van der Waals surface area (Å²) in [4.78, 5) is 20.3. The molecule has 4 aromatic rings. The van der Waals surface area contributed by atoms with E-state index in [2.05, 4.69) is 64.9 Å². The summed E-state index contributed by atoms with van der Waals surface area (Å²) in [6.07, 6.45) is 6.28. The second-order valence-electron chi connectivity index (χ2n) is 9.25. The first kappa shape index (κ1) is 20.8. The van der Waals surface area contributed by atoms with Gasteiger partial charge in [0, 0.05) is 35.9 Å². The van der Waals surface area contributed by atoms with Crippen LogP contribution in [0.2, 0.25) is 0 Å². The highest BCUT2D eigenvalue weighted by atomic mass is 16.1. The maximum atomic E-state index is 12.1. The summed E-state index contributed by atoms with van der Waals surface area (Å²) in [5.41, 5.74) is 8.51. The van der Waals surface area contributed by atoms with Crippen LogP contribution in [0, 0.1) is 6.92 Å². The number of rotatable bonds is 4. The summed E-state index contributed by atoms with van der Waals surface area (Å²) in [7, 11) is 1.63. The van der Waals surface area contributed by atoms with Gasteiger partial charge in [-0.2, -0.15) is 0 Å². The number of hydrogen-bond acceptors (Lipinski definition) is 3. The first-order chi connectivity index (χ1) is 15.5. The molecule has 0 spiro atoms. The Hall–Kier alpha value is -3.12. The van der Waals surface area contributed by atoms with Crippen molar-refractivity contribution < 1.29 is 4.79 Å². The van der Waals surface area contributed by atoms with E-state index in [1.165, 1.54) is 34.9 Å². The number of hydrogen-bond donors (Lipinski definition) is 3. The van der Waals surface area contributed by atoms with Gasteiger partial charge in [-0.25, -0.2) is 4.98 Å². The average molecular weight is 430 g/mol. The van der Waals surface area contributed by atoms with Crippen LogP contribution in [0.5, 0.6) is 0 Å². The number of aromatic nitrogens is 3. The summed E-state index contributed by atoms with van der Waals surface area (Å²) < 4.78 is 1.96. The maximum absolute atomic E-state index is 12.1. The van der Waals surface area contributed by atoms with Crippen molar-refractivity contribution in [3.05, 3.63) is 59.0 Å². The molecular weight excluding hydrogens is 398 g/mol. The lowest BCUT2D eigenvalue weighted by atomic mass is 9.88. The Morgan fingerprint density at radius 2 is 1.97 bits per heavy atom. The Morgan fingerprint density at radius 1 is 1.19 bits per heavy atom. The fourth-order valence-electron chi connectivity index (χ4n) is 5.11. The molecule has 1 aromatic carbocycles. The zero-order valence-corrected chi connectivity index (χ0v) is 19.2. The molecule has 0 bridgehead atoms. The van der Waals surface area contributed by atoms with E-state index in [0.717, 1.165) is 35.6 Å². The molecule has 1 amide bonds. The lowest BCUT2D eigenvalue weighted by Gasteiger charge is -2.23. The predicted octanol–water partition coefficient (Wildman–Crippen LogP) is 4.74. The largest absolute Gasteiger partial charge is 0.354 e. The van der Waals surface area contributed by atoms with Crippen molar-refractivity contribution >= 4 is 22.5 Å². The monoisotopic (exact) mass is 429 g/mol. The number of pyridine rings is 1. The first-order valence-electron chi connectivity index (χ1n) is 11.5. The number of fused-ring (bicyclic) bond motifs is 2. The molecule has 0 saturated carbocycles. The summed E-state index contributed by atoms with van der Waals surface area (Å²) in [5, 5.41) is 7.45. The molecule has 6 heteroatoms. The molecule has 0 aliphatic carbocycles. The normalized spacial score (nSPS) is 15.2. The van der Waals surface area contributed by atoms with Crippen LogP contribution in [0.25, 0.3) is 27.8 Å². The van der Waals surface area contributed by atoms with Gasteiger partial charge in [-0.05, 0) is 79.6 Å². The Bertz CT molecular complexity index is 1310. The van der Waals surface area contributed by atoms with Gasteiger partial charge in [0.05, 0.1) is 5.69 Å². The van der Waals surface area contributed by atoms with Crippen LogP contribution in [0.1, 0.15) is 65.7 Å². The van der Waals surface area contributed by atoms with Gasteiger partial charge >= 0.3 is 0 Å². The van der Waals surface area contributed by atoms with E-state index in [1.54, 1.807) is 13.2 Å². The third-order valence-corrected chi connectivity index (χ3v) is 6.73. The van der Waals surface area contributed by atoms with Crippen LogP contribution in [0.3, 0.4) is 0 Å². The SMILES string of the molecule is CNC(=O)c1cn2cc(-c3[nH]c4ccc(C5CCNCC5)cc4c3C(C)C)cc(C)c2n1. The number of carbonyl (C=O) groups is 1. The molecule has 1 saturated heterocycles. The Labute approximate surface area is 188 Å². The van der Waals surface area contributed by atoms with Gasteiger partial charge in [-0.3, -0.25) is 4.79 Å². The highest BCUT2D eigenvalue weighted by Gasteiger charge is 2.21. The van der Waals surface area contributed by atoms with Gasteiger partial charge in [0.25, 0.3) is 5.91 Å². The average Bonchev–Trinajstić information content (AvgIpc) is 3.40. The molecule has 0 unspecified atom stereocenters. The minimum Gasteiger partial charge on any atom is -0.354 e. The number of aromatic amines is 1. The summed E-state index contributed by atoms with van der Waals surface area (Å²) in [6.45, 7) is 8.76. The lowest BCUT2D eigenvalue weighted by Crippen LogP contribution is -2.26. The van der Waals surface area contributed by atoms with E-state index in [-0.39, 0.29) is 5.91 Å². The van der Waals surface area contributed by atoms with Crippen molar-refractivity contribution in [3.8, 4) is 11.3 Å². The van der Waals surface area contributed by atoms with Gasteiger partial charge in [0.1, 0.15) is 11.3 Å². The zero-order chi connectivity index (χ0) is 22.4. The third kappa shape index (κ3) is 3.48. The molecule has 166 valence electrons. The topological polar surface area (TPSA) is 74.2 Å². The Morgan fingerprint density at radius 3 is 2.69 bits per heavy atom. The van der Waals surface area contributed by atoms with Gasteiger partial charge < -0.3 is 20.0 Å². The van der Waals surface area contributed by atoms with E-state index in [9.17, 15) is 4.79 Å². The molecular formula is C26H31N5O. The van der Waals surface area contributed by atoms with Crippen molar-refractivity contribution in [1.29, 1.82) is 0 Å². The first-order valence-corrected chi connectivity index (χ1v) is 11.5. The number of amides is 1. The van der Waals surface area contributed by atoms with Gasteiger partial charge in [-0.15, -0.1) is 0 Å². The minimum absolute atomic E-state index is 0.173. The highest BCUT2D eigenvalue weighted by molar-refractivity contribution is 5.94. The van der Waals surface area contributed by atoms with Crippen LogP contribution >= 0.6 is 0 Å². The van der Waals surface area contributed by atoms with Crippen LogP contribution < -0.4 is 10.6 Å². The van der Waals surface area contributed by atoms with Crippen molar-refractivity contribution in [3.63, 3.8) is 0 Å². The van der Waals surface area contributed by atoms with E-state index < -0.39 is 0 Å². The maximum Gasteiger partial charge on any atom is 0.271 e. The standard InChI is InChI=1S/C26H31N5O/c1-15(2)23-20-12-18(17-7-9-28-10-8-17)5-6-21(20)29-24(23)19-11-16(3)25-30-22(26(32)27-4)14-31(25)13-19/h5-6,11-15,17,28-29H,7-10H2,1-4H3,(H,27,32). The van der Waals surface area contributed by atoms with Crippen molar-refractivity contribution in [2.45, 2.75) is 45.4 Å². The molecule has 4 heterocycles. The smallest absolute Gasteiger partial charge is 0.271 e. The van der Waals surface area contributed by atoms with Gasteiger partial charge in [-0.1, -0.05) is 19.9 Å². The van der Waals surface area contributed by atoms with E-state index in [1.807, 2.05) is 11.3 Å². The molecule has 1 aliphatic rings. The number of H-pyrrole nitrogens is 1. The molecule has 0 radical (unpaired) electrons. The second-order valence-corrected chi connectivity index (χ2v) is 9.25. The molecule has 5 rings (SSSR count). The number of benzene rings is 1. The molecule has 1 aliphatic heterocycles. The van der Waals surface area contributed by atoms with Crippen LogP contribution in [-0.2, 0) is 0 Å². The van der Waals surface area contributed by atoms with Crippen molar-refractivity contribution in [1.82, 2.24) is 25.0 Å². The third-order valence-electron chi connectivity index (χ3n) is 6.73. The highest BCUT2D eigenvalue weighted by Crippen LogP contribution is 2.38. The van der Waals surface area contributed by atoms with Gasteiger partial charge in [0.2, 0.25) is 0 Å². The summed E-state index contributed by atoms with van der Waals surface area (Å²) >= 11 is 0. The van der Waals surface area contributed by atoms with E-state index >= 15 is 0 Å². The molecule has 0 atom stereocenters. The molecule has 3 N–H and O–H groups in total. The van der Waals surface area contributed by atoms with Gasteiger partial charge in [0.15, 0.2) is 0 Å². The predicted molar refractivity (Wildman–Crippen MR) is 130 cm³/mol. The fourth-order valence-corrected chi connectivity index (χ4v) is 5.11. The van der Waals surface area contributed by atoms with Crippen LogP contribution in [-0.4, -0.2) is 40.4 Å².